The fraction of sp³-hybridized carbons (Fsp3) is 0.429. The van der Waals surface area contributed by atoms with Crippen LogP contribution in [0.2, 0.25) is 0 Å². The highest BCUT2D eigenvalue weighted by Gasteiger charge is 2.11. The number of thiocarbonyl (C=S) groups is 1. The van der Waals surface area contributed by atoms with Crippen LogP contribution < -0.4 is 10.6 Å². The highest BCUT2D eigenvalue weighted by molar-refractivity contribution is 7.80. The third-order valence-electron chi connectivity index (χ3n) is 2.95. The van der Waals surface area contributed by atoms with E-state index in [4.69, 9.17) is 12.2 Å². The third kappa shape index (κ3) is 5.22. The topological polar surface area (TPSA) is 44.4 Å². The predicted molar refractivity (Wildman–Crippen MR) is 82.3 cm³/mol. The van der Waals surface area contributed by atoms with Crippen LogP contribution in [-0.4, -0.2) is 42.1 Å². The van der Waals surface area contributed by atoms with Gasteiger partial charge in [-0.1, -0.05) is 26.0 Å². The van der Waals surface area contributed by atoms with E-state index < -0.39 is 11.7 Å². The van der Waals surface area contributed by atoms with E-state index >= 15 is 0 Å². The Bertz CT molecular complexity index is 463. The minimum absolute atomic E-state index is 0.0135. The van der Waals surface area contributed by atoms with E-state index in [2.05, 4.69) is 29.4 Å². The number of hydrogen-bond acceptors (Lipinski definition) is 3. The number of carbonyl (C=O) groups excluding carboxylic acids is 1. The van der Waals surface area contributed by atoms with Crippen molar-refractivity contribution in [2.24, 2.45) is 0 Å². The number of rotatable bonds is 6. The third-order valence-corrected chi connectivity index (χ3v) is 3.20. The number of hydrogen-bond donors (Lipinski definition) is 2. The minimum Gasteiger partial charge on any atom is -0.361 e. The molecule has 0 saturated carbocycles. The van der Waals surface area contributed by atoms with Gasteiger partial charge in [0.15, 0.2) is 5.11 Å². The van der Waals surface area contributed by atoms with Gasteiger partial charge in [0.05, 0.1) is 5.56 Å². The summed E-state index contributed by atoms with van der Waals surface area (Å²) in [4.78, 5) is 14.0. The lowest BCUT2D eigenvalue weighted by molar-refractivity contribution is 0.0972. The maximum atomic E-state index is 13.4. The van der Waals surface area contributed by atoms with Gasteiger partial charge >= 0.3 is 0 Å². The normalized spacial score (nSPS) is 10.4. The summed E-state index contributed by atoms with van der Waals surface area (Å²) in [5.74, 6) is -1.10. The van der Waals surface area contributed by atoms with Crippen molar-refractivity contribution in [3.05, 3.63) is 35.6 Å². The van der Waals surface area contributed by atoms with Crippen molar-refractivity contribution >= 4 is 23.2 Å². The van der Waals surface area contributed by atoms with Crippen molar-refractivity contribution in [1.29, 1.82) is 0 Å². The van der Waals surface area contributed by atoms with Gasteiger partial charge in [-0.15, -0.1) is 0 Å². The molecule has 2 N–H and O–H groups in total. The predicted octanol–water partition coefficient (Wildman–Crippen LogP) is 1.77. The molecule has 1 amide bonds. The molecule has 0 fully saturated rings. The molecule has 20 heavy (non-hydrogen) atoms. The molecule has 0 aliphatic carbocycles. The molecular formula is C14H20FN3OS. The van der Waals surface area contributed by atoms with Crippen LogP contribution in [0.15, 0.2) is 24.3 Å². The van der Waals surface area contributed by atoms with Crippen molar-refractivity contribution in [3.8, 4) is 0 Å². The number of benzene rings is 1. The SMILES string of the molecule is CCN(CC)CCNC(=S)NC(=O)c1ccccc1F. The first-order valence-corrected chi connectivity index (χ1v) is 7.05. The number of nitrogens with zero attached hydrogens (tertiary/aromatic N) is 1. The number of halogens is 1. The zero-order valence-electron chi connectivity index (χ0n) is 11.8. The number of amides is 1. The van der Waals surface area contributed by atoms with Crippen LogP contribution in [-0.2, 0) is 0 Å². The molecule has 1 aromatic rings. The molecule has 0 radical (unpaired) electrons. The Labute approximate surface area is 124 Å². The molecular weight excluding hydrogens is 277 g/mol. The van der Waals surface area contributed by atoms with Gasteiger partial charge in [-0.05, 0) is 37.4 Å². The average molecular weight is 297 g/mol. The molecule has 4 nitrogen and oxygen atoms in total. The molecule has 0 aromatic heterocycles. The maximum absolute atomic E-state index is 13.4. The molecule has 0 spiro atoms. The summed E-state index contributed by atoms with van der Waals surface area (Å²) in [6, 6.07) is 5.80. The van der Waals surface area contributed by atoms with E-state index in [0.29, 0.717) is 6.54 Å². The van der Waals surface area contributed by atoms with Gasteiger partial charge in [-0.25, -0.2) is 4.39 Å². The van der Waals surface area contributed by atoms with E-state index in [1.807, 2.05) is 0 Å². The highest BCUT2D eigenvalue weighted by Crippen LogP contribution is 2.05. The highest BCUT2D eigenvalue weighted by atomic mass is 32.1. The van der Waals surface area contributed by atoms with Crippen LogP contribution in [0, 0.1) is 5.82 Å². The minimum atomic E-state index is -0.559. The molecule has 0 bridgehead atoms. The van der Waals surface area contributed by atoms with Crippen LogP contribution in [0.1, 0.15) is 24.2 Å². The lowest BCUT2D eigenvalue weighted by atomic mass is 10.2. The van der Waals surface area contributed by atoms with Crippen molar-refractivity contribution in [3.63, 3.8) is 0 Å². The van der Waals surface area contributed by atoms with Gasteiger partial charge in [0.2, 0.25) is 0 Å². The maximum Gasteiger partial charge on any atom is 0.260 e. The second-order valence-electron chi connectivity index (χ2n) is 4.22. The molecule has 1 aromatic carbocycles. The Hall–Kier alpha value is -1.53. The van der Waals surface area contributed by atoms with Crippen molar-refractivity contribution in [1.82, 2.24) is 15.5 Å². The Morgan fingerprint density at radius 3 is 2.55 bits per heavy atom. The summed E-state index contributed by atoms with van der Waals surface area (Å²) >= 11 is 5.01. The molecule has 0 atom stereocenters. The summed E-state index contributed by atoms with van der Waals surface area (Å²) in [5, 5.41) is 5.62. The quantitative estimate of drug-likeness (QED) is 0.786. The first-order chi connectivity index (χ1) is 9.58. The van der Waals surface area contributed by atoms with Crippen LogP contribution >= 0.6 is 12.2 Å². The first-order valence-electron chi connectivity index (χ1n) is 6.64. The molecule has 110 valence electrons. The van der Waals surface area contributed by atoms with Crippen LogP contribution in [0.5, 0.6) is 0 Å². The number of likely N-dealkylation sites (N-methyl/N-ethyl adjacent to an activating group) is 1. The fourth-order valence-electron chi connectivity index (χ4n) is 1.73. The van der Waals surface area contributed by atoms with E-state index in [1.165, 1.54) is 18.2 Å². The Balaban J connectivity index is 2.39. The van der Waals surface area contributed by atoms with Gasteiger partial charge in [0, 0.05) is 13.1 Å². The second kappa shape index (κ2) is 8.60. The zero-order chi connectivity index (χ0) is 15.0. The molecule has 0 saturated heterocycles. The lowest BCUT2D eigenvalue weighted by Crippen LogP contribution is -2.42. The summed E-state index contributed by atoms with van der Waals surface area (Å²) in [6.07, 6.45) is 0. The average Bonchev–Trinajstić information content (AvgIpc) is 2.44. The van der Waals surface area contributed by atoms with Gasteiger partial charge < -0.3 is 10.2 Å². The van der Waals surface area contributed by atoms with Crippen molar-refractivity contribution in [2.45, 2.75) is 13.8 Å². The molecule has 0 aliphatic heterocycles. The van der Waals surface area contributed by atoms with Crippen LogP contribution in [0.3, 0.4) is 0 Å². The standard InChI is InChI=1S/C14H20FN3OS/c1-3-18(4-2)10-9-16-14(20)17-13(19)11-7-5-6-8-12(11)15/h5-8H,3-4,9-10H2,1-2H3,(H2,16,17,19,20). The summed E-state index contributed by atoms with van der Waals surface area (Å²) < 4.78 is 13.4. The second-order valence-corrected chi connectivity index (χ2v) is 4.63. The van der Waals surface area contributed by atoms with E-state index in [1.54, 1.807) is 6.07 Å². The summed E-state index contributed by atoms with van der Waals surface area (Å²) in [7, 11) is 0. The number of carbonyl (C=O) groups is 1. The molecule has 0 aliphatic rings. The number of nitrogens with one attached hydrogen (secondary N) is 2. The van der Waals surface area contributed by atoms with E-state index in [0.717, 1.165) is 19.6 Å². The van der Waals surface area contributed by atoms with Crippen molar-refractivity contribution < 1.29 is 9.18 Å². The van der Waals surface area contributed by atoms with Gasteiger partial charge in [-0.2, -0.15) is 0 Å². The molecule has 6 heteroatoms. The molecule has 1 rings (SSSR count). The summed E-state index contributed by atoms with van der Waals surface area (Å²) in [5.41, 5.74) is -0.0135. The van der Waals surface area contributed by atoms with Crippen LogP contribution in [0.25, 0.3) is 0 Å². The largest absolute Gasteiger partial charge is 0.361 e. The first kappa shape index (κ1) is 16.5. The smallest absolute Gasteiger partial charge is 0.260 e. The van der Waals surface area contributed by atoms with Crippen molar-refractivity contribution in [2.75, 3.05) is 26.2 Å². The summed E-state index contributed by atoms with van der Waals surface area (Å²) in [6.45, 7) is 7.57. The van der Waals surface area contributed by atoms with Gasteiger partial charge in [0.1, 0.15) is 5.82 Å². The Morgan fingerprint density at radius 1 is 1.30 bits per heavy atom. The van der Waals surface area contributed by atoms with Gasteiger partial charge in [-0.3, -0.25) is 10.1 Å². The van der Waals surface area contributed by atoms with E-state index in [-0.39, 0.29) is 10.7 Å². The zero-order valence-corrected chi connectivity index (χ0v) is 12.6. The monoisotopic (exact) mass is 297 g/mol. The Morgan fingerprint density at radius 2 is 1.95 bits per heavy atom. The van der Waals surface area contributed by atoms with Gasteiger partial charge in [0.25, 0.3) is 5.91 Å². The van der Waals surface area contributed by atoms with E-state index in [9.17, 15) is 9.18 Å². The fourth-order valence-corrected chi connectivity index (χ4v) is 1.92. The lowest BCUT2D eigenvalue weighted by Gasteiger charge is -2.18. The van der Waals surface area contributed by atoms with Crippen LogP contribution in [0.4, 0.5) is 4.39 Å². The molecule has 0 unspecified atom stereocenters. The Kier molecular flexibility index (Phi) is 7.11. The molecule has 0 heterocycles.